The molecule has 0 amide bonds. The highest BCUT2D eigenvalue weighted by molar-refractivity contribution is 7.19. The summed E-state index contributed by atoms with van der Waals surface area (Å²) in [6.07, 6.45) is 0. The Bertz CT molecular complexity index is 375. The predicted molar refractivity (Wildman–Crippen MR) is 55.1 cm³/mol. The highest BCUT2D eigenvalue weighted by Gasteiger charge is 2.01. The van der Waals surface area contributed by atoms with E-state index in [1.54, 1.807) is 18.4 Å². The van der Waals surface area contributed by atoms with Gasteiger partial charge in [-0.3, -0.25) is 0 Å². The van der Waals surface area contributed by atoms with Crippen molar-refractivity contribution in [3.05, 3.63) is 35.2 Å². The minimum atomic E-state index is 0.597. The third-order valence-corrected chi connectivity index (χ3v) is 2.96. The van der Waals surface area contributed by atoms with E-state index in [1.807, 2.05) is 12.1 Å². The SMILES string of the molecule is CN(O)Cc1cc2ccccc2s1. The Balaban J connectivity index is 2.38. The number of fused-ring (bicyclic) bond motifs is 1. The van der Waals surface area contributed by atoms with Crippen LogP contribution in [0.2, 0.25) is 0 Å². The van der Waals surface area contributed by atoms with Crippen LogP contribution in [0.25, 0.3) is 10.1 Å². The fraction of sp³-hybridized carbons (Fsp3) is 0.200. The Morgan fingerprint density at radius 3 is 2.85 bits per heavy atom. The molecule has 0 saturated carbocycles. The van der Waals surface area contributed by atoms with E-state index >= 15 is 0 Å². The van der Waals surface area contributed by atoms with Crippen LogP contribution >= 0.6 is 11.3 Å². The number of hydrogen-bond acceptors (Lipinski definition) is 3. The van der Waals surface area contributed by atoms with Gasteiger partial charge in [0.25, 0.3) is 0 Å². The summed E-state index contributed by atoms with van der Waals surface area (Å²) in [7, 11) is 1.66. The van der Waals surface area contributed by atoms with E-state index in [4.69, 9.17) is 5.21 Å². The fourth-order valence-corrected chi connectivity index (χ4v) is 2.45. The third-order valence-electron chi connectivity index (χ3n) is 1.86. The maximum Gasteiger partial charge on any atom is 0.0579 e. The monoisotopic (exact) mass is 193 g/mol. The Labute approximate surface area is 81.0 Å². The first kappa shape index (κ1) is 8.69. The molecule has 13 heavy (non-hydrogen) atoms. The molecule has 2 aromatic rings. The molecule has 1 aromatic heterocycles. The summed E-state index contributed by atoms with van der Waals surface area (Å²) < 4.78 is 1.28. The second-order valence-corrected chi connectivity index (χ2v) is 4.23. The largest absolute Gasteiger partial charge is 0.314 e. The Kier molecular flexibility index (Phi) is 2.31. The first-order valence-electron chi connectivity index (χ1n) is 4.13. The lowest BCUT2D eigenvalue weighted by Gasteiger charge is -2.03. The Morgan fingerprint density at radius 1 is 1.38 bits per heavy atom. The van der Waals surface area contributed by atoms with Gasteiger partial charge in [-0.25, -0.2) is 0 Å². The van der Waals surface area contributed by atoms with Crippen molar-refractivity contribution >= 4 is 21.4 Å². The molecule has 0 fully saturated rings. The molecule has 0 spiro atoms. The van der Waals surface area contributed by atoms with E-state index in [1.165, 1.54) is 20.0 Å². The highest BCUT2D eigenvalue weighted by Crippen LogP contribution is 2.25. The molecule has 0 radical (unpaired) electrons. The van der Waals surface area contributed by atoms with Crippen LogP contribution in [0.4, 0.5) is 0 Å². The number of hydroxylamine groups is 2. The zero-order valence-electron chi connectivity index (χ0n) is 7.40. The van der Waals surface area contributed by atoms with Gasteiger partial charge >= 0.3 is 0 Å². The maximum absolute atomic E-state index is 9.07. The van der Waals surface area contributed by atoms with Gasteiger partial charge in [-0.1, -0.05) is 18.2 Å². The second-order valence-electron chi connectivity index (χ2n) is 3.07. The molecule has 1 heterocycles. The molecule has 0 saturated heterocycles. The zero-order valence-corrected chi connectivity index (χ0v) is 8.21. The van der Waals surface area contributed by atoms with E-state index in [0.717, 1.165) is 0 Å². The van der Waals surface area contributed by atoms with Gasteiger partial charge in [0.1, 0.15) is 0 Å². The molecule has 2 rings (SSSR count). The van der Waals surface area contributed by atoms with Gasteiger partial charge in [0.2, 0.25) is 0 Å². The minimum Gasteiger partial charge on any atom is -0.314 e. The van der Waals surface area contributed by atoms with Crippen molar-refractivity contribution in [1.82, 2.24) is 5.06 Å². The first-order chi connectivity index (χ1) is 6.25. The van der Waals surface area contributed by atoms with E-state index < -0.39 is 0 Å². The number of nitrogens with zero attached hydrogens (tertiary/aromatic N) is 1. The Morgan fingerprint density at radius 2 is 2.15 bits per heavy atom. The average Bonchev–Trinajstić information content (AvgIpc) is 2.44. The topological polar surface area (TPSA) is 23.5 Å². The smallest absolute Gasteiger partial charge is 0.0579 e. The summed E-state index contributed by atoms with van der Waals surface area (Å²) in [5.74, 6) is 0. The lowest BCUT2D eigenvalue weighted by atomic mass is 10.2. The van der Waals surface area contributed by atoms with Crippen LogP contribution in [0.15, 0.2) is 30.3 Å². The summed E-state index contributed by atoms with van der Waals surface area (Å²) in [5.41, 5.74) is 0. The van der Waals surface area contributed by atoms with Crippen LogP contribution in [-0.2, 0) is 6.54 Å². The van der Waals surface area contributed by atoms with Gasteiger partial charge < -0.3 is 5.21 Å². The van der Waals surface area contributed by atoms with E-state index in [2.05, 4.69) is 18.2 Å². The van der Waals surface area contributed by atoms with Gasteiger partial charge in [0.15, 0.2) is 0 Å². The van der Waals surface area contributed by atoms with Crippen molar-refractivity contribution in [3.8, 4) is 0 Å². The van der Waals surface area contributed by atoms with E-state index in [0.29, 0.717) is 6.54 Å². The zero-order chi connectivity index (χ0) is 9.26. The molecule has 0 aliphatic carbocycles. The van der Waals surface area contributed by atoms with Crippen molar-refractivity contribution in [1.29, 1.82) is 0 Å². The standard InChI is InChI=1S/C10H11NOS/c1-11(12)7-9-6-8-4-2-3-5-10(8)13-9/h2-6,12H,7H2,1H3. The number of thiophene rings is 1. The van der Waals surface area contributed by atoms with Crippen LogP contribution in [0.3, 0.4) is 0 Å². The van der Waals surface area contributed by atoms with Gasteiger partial charge in [-0.05, 0) is 17.5 Å². The molecule has 0 aliphatic rings. The molecule has 0 atom stereocenters. The van der Waals surface area contributed by atoms with Crippen molar-refractivity contribution in [2.45, 2.75) is 6.54 Å². The first-order valence-corrected chi connectivity index (χ1v) is 4.95. The molecule has 1 aromatic carbocycles. The van der Waals surface area contributed by atoms with Crippen LogP contribution in [0.1, 0.15) is 4.88 Å². The molecule has 0 unspecified atom stereocenters. The van der Waals surface area contributed by atoms with Crippen molar-refractivity contribution < 1.29 is 5.21 Å². The number of rotatable bonds is 2. The summed E-state index contributed by atoms with van der Waals surface area (Å²) in [6.45, 7) is 0.597. The molecular weight excluding hydrogens is 182 g/mol. The normalized spacial score (nSPS) is 11.3. The maximum atomic E-state index is 9.07. The summed E-state index contributed by atoms with van der Waals surface area (Å²) in [4.78, 5) is 1.19. The van der Waals surface area contributed by atoms with Crippen LogP contribution in [-0.4, -0.2) is 17.3 Å². The Hall–Kier alpha value is -0.900. The van der Waals surface area contributed by atoms with Crippen LogP contribution in [0, 0.1) is 0 Å². The molecular formula is C10H11NOS. The molecule has 3 heteroatoms. The van der Waals surface area contributed by atoms with Crippen LogP contribution < -0.4 is 0 Å². The van der Waals surface area contributed by atoms with Crippen molar-refractivity contribution in [2.75, 3.05) is 7.05 Å². The number of benzene rings is 1. The van der Waals surface area contributed by atoms with Crippen molar-refractivity contribution in [2.24, 2.45) is 0 Å². The number of hydrogen-bond donors (Lipinski definition) is 1. The van der Waals surface area contributed by atoms with E-state index in [-0.39, 0.29) is 0 Å². The summed E-state index contributed by atoms with van der Waals surface area (Å²) >= 11 is 1.72. The quantitative estimate of drug-likeness (QED) is 0.741. The molecule has 68 valence electrons. The molecule has 2 nitrogen and oxygen atoms in total. The van der Waals surface area contributed by atoms with Crippen LogP contribution in [0.5, 0.6) is 0 Å². The fourth-order valence-electron chi connectivity index (χ4n) is 1.34. The lowest BCUT2D eigenvalue weighted by Crippen LogP contribution is -2.10. The molecule has 0 bridgehead atoms. The molecule has 1 N–H and O–H groups in total. The van der Waals surface area contributed by atoms with E-state index in [9.17, 15) is 0 Å². The van der Waals surface area contributed by atoms with Gasteiger partial charge in [-0.15, -0.1) is 11.3 Å². The van der Waals surface area contributed by atoms with Gasteiger partial charge in [-0.2, -0.15) is 5.06 Å². The molecule has 0 aliphatic heterocycles. The second kappa shape index (κ2) is 3.46. The predicted octanol–water partition coefficient (Wildman–Crippen LogP) is 2.72. The average molecular weight is 193 g/mol. The minimum absolute atomic E-state index is 0.597. The van der Waals surface area contributed by atoms with Gasteiger partial charge in [0.05, 0.1) is 6.54 Å². The lowest BCUT2D eigenvalue weighted by molar-refractivity contribution is -0.0723. The van der Waals surface area contributed by atoms with Crippen molar-refractivity contribution in [3.63, 3.8) is 0 Å². The third kappa shape index (κ3) is 1.88. The summed E-state index contributed by atoms with van der Waals surface area (Å²) in [5, 5.41) is 11.5. The highest BCUT2D eigenvalue weighted by atomic mass is 32.1. The summed E-state index contributed by atoms with van der Waals surface area (Å²) in [6, 6.07) is 10.4. The van der Waals surface area contributed by atoms with Gasteiger partial charge in [0, 0.05) is 16.6 Å².